The zero-order valence-electron chi connectivity index (χ0n) is 10.3. The Labute approximate surface area is 118 Å². The van der Waals surface area contributed by atoms with Gasteiger partial charge in [-0.15, -0.1) is 12.1 Å². The quantitative estimate of drug-likeness (QED) is 0.372. The fraction of sp³-hybridized carbons (Fsp3) is 0.133. The first-order chi connectivity index (χ1) is 8.24. The molecule has 18 heavy (non-hydrogen) atoms. The molecule has 0 aliphatic heterocycles. The largest absolute Gasteiger partial charge is 0.748 e. The first kappa shape index (κ1) is 16.4. The molecule has 0 radical (unpaired) electrons. The smallest absolute Gasteiger partial charge is 0.260 e. The number of carbonyl (C=O) groups excluding carboxylic acids is 1. The molecule has 2 aromatic carbocycles. The van der Waals surface area contributed by atoms with Crippen molar-refractivity contribution < 1.29 is 26.6 Å². The average Bonchev–Trinajstić information content (AvgIpc) is 3.02. The van der Waals surface area contributed by atoms with E-state index in [2.05, 4.69) is 6.58 Å². The van der Waals surface area contributed by atoms with E-state index in [9.17, 15) is 4.79 Å². The topological polar surface area (TPSA) is 26.3 Å². The van der Waals surface area contributed by atoms with Crippen LogP contribution in [0.15, 0.2) is 66.7 Å². The van der Waals surface area contributed by atoms with Gasteiger partial charge in [0.15, 0.2) is 0 Å². The van der Waals surface area contributed by atoms with Crippen LogP contribution in [-0.4, -0.2) is 5.97 Å². The minimum atomic E-state index is -0.344. The van der Waals surface area contributed by atoms with E-state index in [4.69, 9.17) is 4.74 Å². The van der Waals surface area contributed by atoms with Gasteiger partial charge in [-0.1, -0.05) is 13.5 Å². The van der Waals surface area contributed by atoms with Crippen LogP contribution in [0.5, 0.6) is 5.75 Å². The van der Waals surface area contributed by atoms with Gasteiger partial charge in [0, 0.05) is 22.8 Å². The average molecular weight is 284 g/mol. The number of esters is 1. The first-order valence-electron chi connectivity index (χ1n) is 5.52. The van der Waals surface area contributed by atoms with Gasteiger partial charge < -0.3 is 39.9 Å². The Morgan fingerprint density at radius 1 is 1.17 bits per heavy atom. The van der Waals surface area contributed by atoms with E-state index in [-0.39, 0.29) is 23.0 Å². The van der Waals surface area contributed by atoms with Gasteiger partial charge in [0.05, 0.1) is 0 Å². The van der Waals surface area contributed by atoms with E-state index in [0.29, 0.717) is 17.7 Å². The van der Waals surface area contributed by atoms with Gasteiger partial charge in [0.1, 0.15) is 0 Å². The number of carbonyl (C=O) groups is 1. The third kappa shape index (κ3) is 6.24. The van der Waals surface area contributed by atoms with Crippen LogP contribution in [-0.2, 0) is 21.9 Å². The van der Waals surface area contributed by atoms with Crippen LogP contribution in [0.25, 0.3) is 0 Å². The van der Waals surface area contributed by atoms with Crippen molar-refractivity contribution in [3.63, 3.8) is 0 Å². The van der Waals surface area contributed by atoms with Gasteiger partial charge in [0.2, 0.25) is 0 Å². The summed E-state index contributed by atoms with van der Waals surface area (Å²) in [5.74, 6) is 0.235. The molecule has 0 atom stereocenters. The molecule has 0 saturated carbocycles. The van der Waals surface area contributed by atoms with Gasteiger partial charge in [-0.2, -0.15) is 12.1 Å². The molecule has 2 aromatic rings. The standard InChI is InChI=1S/C10H11O2.C5H5.Fe/c1-3-8(2)10(11)12-9-6-4-5-7-9;1-2-4-5-3-1;/h4-7H,2-3H2,1H3;1-5H;/q-1;-5;. The number of rotatable bonds is 3. The molecule has 2 nitrogen and oxygen atoms in total. The normalized spacial score (nSPS) is 8.50. The first-order valence-corrected chi connectivity index (χ1v) is 5.52. The SMILES string of the molecule is C=C(CC)C(=O)O[c-]1cccc1.[Fe].[cH-]1[cH-][cH-][cH-][cH-]1. The summed E-state index contributed by atoms with van der Waals surface area (Å²) >= 11 is 0. The Bertz CT molecular complexity index is 410. The zero-order valence-corrected chi connectivity index (χ0v) is 11.4. The van der Waals surface area contributed by atoms with E-state index >= 15 is 0 Å². The molecule has 0 saturated heterocycles. The number of ether oxygens (including phenoxy) is 1. The number of hydrogen-bond acceptors (Lipinski definition) is 2. The monoisotopic (exact) mass is 284 g/mol. The molecule has 0 bridgehead atoms. The summed E-state index contributed by atoms with van der Waals surface area (Å²) in [5.41, 5.74) is 0.496. The summed E-state index contributed by atoms with van der Waals surface area (Å²) < 4.78 is 4.97. The minimum Gasteiger partial charge on any atom is -0.748 e. The Balaban J connectivity index is 0.000000405. The van der Waals surface area contributed by atoms with Crippen LogP contribution in [0.4, 0.5) is 0 Å². The van der Waals surface area contributed by atoms with Crippen LogP contribution in [0.2, 0.25) is 0 Å². The summed E-state index contributed by atoms with van der Waals surface area (Å²) in [5, 5.41) is 0. The molecule has 3 heteroatoms. The van der Waals surface area contributed by atoms with Crippen molar-refractivity contribution in [2.75, 3.05) is 0 Å². The van der Waals surface area contributed by atoms with Gasteiger partial charge in [-0.25, -0.2) is 0 Å². The molecule has 0 amide bonds. The minimum absolute atomic E-state index is 0. The maximum Gasteiger partial charge on any atom is 0.260 e. The van der Waals surface area contributed by atoms with Crippen molar-refractivity contribution in [2.24, 2.45) is 0 Å². The van der Waals surface area contributed by atoms with Crippen molar-refractivity contribution in [1.82, 2.24) is 0 Å². The maximum atomic E-state index is 11.1. The van der Waals surface area contributed by atoms with Crippen molar-refractivity contribution in [3.8, 4) is 5.75 Å². The fourth-order valence-electron chi connectivity index (χ4n) is 1.07. The van der Waals surface area contributed by atoms with E-state index in [1.54, 1.807) is 12.1 Å². The molecule has 102 valence electrons. The predicted molar refractivity (Wildman–Crippen MR) is 69.1 cm³/mol. The van der Waals surface area contributed by atoms with Gasteiger partial charge in [-0.3, -0.25) is 0 Å². The summed E-state index contributed by atoms with van der Waals surface area (Å²) in [6.07, 6.45) is 0.625. The molecule has 0 heterocycles. The second kappa shape index (κ2) is 9.46. The Morgan fingerprint density at radius 2 is 1.61 bits per heavy atom. The molecule has 0 spiro atoms. The molecule has 0 aliphatic carbocycles. The summed E-state index contributed by atoms with van der Waals surface area (Å²) in [6, 6.07) is 17.1. The van der Waals surface area contributed by atoms with Crippen molar-refractivity contribution in [1.29, 1.82) is 0 Å². The van der Waals surface area contributed by atoms with Gasteiger partial charge in [-0.05, 0) is 12.0 Å². The third-order valence-electron chi connectivity index (χ3n) is 2.11. The molecular formula is C15H16FeO2-6. The van der Waals surface area contributed by atoms with E-state index in [1.807, 2.05) is 49.4 Å². The third-order valence-corrected chi connectivity index (χ3v) is 2.11. The van der Waals surface area contributed by atoms with E-state index in [1.165, 1.54) is 0 Å². The molecule has 0 N–H and O–H groups in total. The molecule has 0 unspecified atom stereocenters. The van der Waals surface area contributed by atoms with Crippen LogP contribution < -0.4 is 4.74 Å². The predicted octanol–water partition coefficient (Wildman–Crippen LogP) is 3.68. The van der Waals surface area contributed by atoms with Crippen LogP contribution in [0.3, 0.4) is 0 Å². The second-order valence-corrected chi connectivity index (χ2v) is 3.43. The molecule has 0 aliphatic rings. The van der Waals surface area contributed by atoms with Crippen LogP contribution in [0, 0.1) is 0 Å². The maximum absolute atomic E-state index is 11.1. The van der Waals surface area contributed by atoms with E-state index < -0.39 is 0 Å². The summed E-state index contributed by atoms with van der Waals surface area (Å²) in [4.78, 5) is 11.1. The van der Waals surface area contributed by atoms with Crippen LogP contribution in [0.1, 0.15) is 13.3 Å². The summed E-state index contributed by atoms with van der Waals surface area (Å²) in [7, 11) is 0. The Kier molecular flexibility index (Phi) is 8.63. The number of hydrogen-bond donors (Lipinski definition) is 0. The molecule has 0 fully saturated rings. The Morgan fingerprint density at radius 3 is 2.00 bits per heavy atom. The van der Waals surface area contributed by atoms with Gasteiger partial charge >= 0.3 is 0 Å². The molecular weight excluding hydrogens is 268 g/mol. The fourth-order valence-corrected chi connectivity index (χ4v) is 1.07. The Hall–Kier alpha value is -1.57. The van der Waals surface area contributed by atoms with Crippen molar-refractivity contribution in [2.45, 2.75) is 13.3 Å². The zero-order chi connectivity index (χ0) is 12.5. The van der Waals surface area contributed by atoms with Crippen LogP contribution >= 0.6 is 0 Å². The second-order valence-electron chi connectivity index (χ2n) is 3.43. The summed E-state index contributed by atoms with van der Waals surface area (Å²) in [6.45, 7) is 5.45. The molecule has 0 aromatic heterocycles. The van der Waals surface area contributed by atoms with E-state index in [0.717, 1.165) is 0 Å². The van der Waals surface area contributed by atoms with Crippen molar-refractivity contribution in [3.05, 3.63) is 66.7 Å². The molecule has 2 rings (SSSR count). The van der Waals surface area contributed by atoms with Crippen molar-refractivity contribution >= 4 is 5.97 Å². The van der Waals surface area contributed by atoms with Gasteiger partial charge in [0.25, 0.3) is 5.97 Å².